The summed E-state index contributed by atoms with van der Waals surface area (Å²) in [7, 11) is 0. The molecule has 0 unspecified atom stereocenters. The molecule has 3 amide bonds. The first kappa shape index (κ1) is 26.2. The van der Waals surface area contributed by atoms with Gasteiger partial charge in [-0.25, -0.2) is 9.97 Å². The van der Waals surface area contributed by atoms with Gasteiger partial charge in [-0.05, 0) is 24.3 Å². The molecule has 15 heteroatoms. The number of hydrogen-bond acceptors (Lipinski definition) is 8. The van der Waals surface area contributed by atoms with Gasteiger partial charge in [-0.3, -0.25) is 34.4 Å². The van der Waals surface area contributed by atoms with E-state index in [2.05, 4.69) is 30.6 Å². The summed E-state index contributed by atoms with van der Waals surface area (Å²) in [4.78, 5) is 62.8. The first-order valence-corrected chi connectivity index (χ1v) is 10.3. The van der Waals surface area contributed by atoms with E-state index in [0.29, 0.717) is 4.90 Å². The van der Waals surface area contributed by atoms with Crippen molar-refractivity contribution in [2.75, 3.05) is 16.9 Å². The Morgan fingerprint density at radius 1 is 1.14 bits per heavy atom. The van der Waals surface area contributed by atoms with Crippen molar-refractivity contribution < 1.29 is 32.7 Å². The standard InChI is InChI=1S/C21H20F3N7O5/c1-10(2)16(33)29-20-28-15-14(18(35)30-20)27-12(7-25-15)8-31(19(36)21(22,23)24)13-5-3-11(4-6-13)17(34)26-9-32/h3-7,10,32H,8-9H2,1-2H3,(H,26,34)(H2,25,28,29,30,33,35). The molecule has 36 heavy (non-hydrogen) atoms. The number of aromatic nitrogens is 4. The number of fused-ring (bicyclic) bond motifs is 1. The molecule has 2 heterocycles. The van der Waals surface area contributed by atoms with E-state index >= 15 is 0 Å². The molecule has 1 aromatic carbocycles. The SMILES string of the molecule is CC(C)C(=O)Nc1nc2ncc(CN(C(=O)C(F)(F)F)c3ccc(C(=O)NCO)cc3)nc2c(=O)[nH]1. The van der Waals surface area contributed by atoms with Gasteiger partial charge in [0.25, 0.3) is 11.5 Å². The number of alkyl halides is 3. The number of amides is 3. The van der Waals surface area contributed by atoms with Crippen molar-refractivity contribution in [3.05, 3.63) is 52.1 Å². The molecule has 2 aromatic heterocycles. The van der Waals surface area contributed by atoms with E-state index in [9.17, 15) is 32.3 Å². The summed E-state index contributed by atoms with van der Waals surface area (Å²) in [5.74, 6) is -3.87. The van der Waals surface area contributed by atoms with Crippen LogP contribution in [0, 0.1) is 5.92 Å². The first-order chi connectivity index (χ1) is 16.9. The number of rotatable bonds is 7. The Balaban J connectivity index is 1.95. The third-order valence-corrected chi connectivity index (χ3v) is 4.72. The van der Waals surface area contributed by atoms with Crippen LogP contribution in [-0.4, -0.2) is 55.7 Å². The van der Waals surface area contributed by atoms with Gasteiger partial charge in [0.2, 0.25) is 11.9 Å². The molecule has 0 atom stereocenters. The lowest BCUT2D eigenvalue weighted by Crippen LogP contribution is -2.41. The van der Waals surface area contributed by atoms with Crippen LogP contribution < -0.4 is 21.1 Å². The summed E-state index contributed by atoms with van der Waals surface area (Å²) in [6, 6.07) is 4.57. The number of nitrogens with one attached hydrogen (secondary N) is 3. The second-order valence-electron chi connectivity index (χ2n) is 7.69. The maximum Gasteiger partial charge on any atom is 0.471 e. The quantitative estimate of drug-likeness (QED) is 0.344. The highest BCUT2D eigenvalue weighted by atomic mass is 19.4. The van der Waals surface area contributed by atoms with Crippen molar-refractivity contribution in [2.45, 2.75) is 26.6 Å². The minimum Gasteiger partial charge on any atom is -0.376 e. The average molecular weight is 507 g/mol. The summed E-state index contributed by atoms with van der Waals surface area (Å²) in [5, 5.41) is 13.3. The molecule has 0 aliphatic heterocycles. The molecule has 0 spiro atoms. The van der Waals surface area contributed by atoms with Gasteiger partial charge in [0.15, 0.2) is 11.2 Å². The van der Waals surface area contributed by atoms with Crippen LogP contribution in [-0.2, 0) is 16.1 Å². The number of carbonyl (C=O) groups is 3. The van der Waals surface area contributed by atoms with Gasteiger partial charge in [0.05, 0.1) is 18.4 Å². The van der Waals surface area contributed by atoms with Gasteiger partial charge in [-0.1, -0.05) is 13.8 Å². The Labute approximate surface area is 200 Å². The maximum absolute atomic E-state index is 13.3. The van der Waals surface area contributed by atoms with Crippen molar-refractivity contribution in [3.8, 4) is 0 Å². The molecule has 0 saturated carbocycles. The van der Waals surface area contributed by atoms with Crippen LogP contribution in [0.4, 0.5) is 24.8 Å². The fourth-order valence-electron chi connectivity index (χ4n) is 2.91. The normalized spacial score (nSPS) is 11.4. The van der Waals surface area contributed by atoms with Gasteiger partial charge in [0, 0.05) is 17.2 Å². The molecule has 4 N–H and O–H groups in total. The molecule has 3 aromatic rings. The van der Waals surface area contributed by atoms with E-state index in [1.165, 1.54) is 12.1 Å². The monoisotopic (exact) mass is 507 g/mol. The predicted octanol–water partition coefficient (Wildman–Crippen LogP) is 1.08. The average Bonchev–Trinajstić information content (AvgIpc) is 2.82. The largest absolute Gasteiger partial charge is 0.471 e. The molecule has 3 rings (SSSR count). The van der Waals surface area contributed by atoms with Crippen LogP contribution in [0.2, 0.25) is 0 Å². The molecule has 0 bridgehead atoms. The van der Waals surface area contributed by atoms with Crippen LogP contribution in [0.15, 0.2) is 35.3 Å². The zero-order valence-electron chi connectivity index (χ0n) is 18.9. The number of nitrogens with zero attached hydrogens (tertiary/aromatic N) is 4. The van der Waals surface area contributed by atoms with Gasteiger partial charge in [-0.15, -0.1) is 0 Å². The van der Waals surface area contributed by atoms with E-state index in [1.54, 1.807) is 13.8 Å². The Morgan fingerprint density at radius 3 is 2.39 bits per heavy atom. The lowest BCUT2D eigenvalue weighted by molar-refractivity contribution is -0.170. The van der Waals surface area contributed by atoms with Crippen molar-refractivity contribution in [1.29, 1.82) is 0 Å². The zero-order chi connectivity index (χ0) is 26.6. The molecular weight excluding hydrogens is 487 g/mol. The highest BCUT2D eigenvalue weighted by Crippen LogP contribution is 2.26. The Bertz CT molecular complexity index is 1360. The smallest absolute Gasteiger partial charge is 0.376 e. The minimum absolute atomic E-state index is 0.0377. The van der Waals surface area contributed by atoms with Crippen LogP contribution >= 0.6 is 0 Å². The third-order valence-electron chi connectivity index (χ3n) is 4.72. The second kappa shape index (κ2) is 10.5. The van der Waals surface area contributed by atoms with Crippen LogP contribution in [0.5, 0.6) is 0 Å². The molecule has 0 aliphatic carbocycles. The van der Waals surface area contributed by atoms with E-state index in [1.807, 2.05) is 0 Å². The number of anilines is 2. The fraction of sp³-hybridized carbons (Fsp3) is 0.286. The topological polar surface area (TPSA) is 170 Å². The minimum atomic E-state index is -5.24. The molecule has 0 saturated heterocycles. The van der Waals surface area contributed by atoms with Crippen molar-refractivity contribution in [3.63, 3.8) is 0 Å². The summed E-state index contributed by atoms with van der Waals surface area (Å²) >= 11 is 0. The third kappa shape index (κ3) is 5.99. The number of aromatic amines is 1. The predicted molar refractivity (Wildman–Crippen MR) is 120 cm³/mol. The number of aliphatic hydroxyl groups is 1. The highest BCUT2D eigenvalue weighted by molar-refractivity contribution is 5.98. The van der Waals surface area contributed by atoms with Gasteiger partial charge < -0.3 is 10.4 Å². The van der Waals surface area contributed by atoms with E-state index < -0.39 is 48.7 Å². The Hall–Kier alpha value is -4.40. The Kier molecular flexibility index (Phi) is 7.62. The van der Waals surface area contributed by atoms with Crippen molar-refractivity contribution in [1.82, 2.24) is 25.3 Å². The molecular formula is C21H20F3N7O5. The number of halogens is 3. The Morgan fingerprint density at radius 2 is 1.81 bits per heavy atom. The number of aliphatic hydroxyl groups excluding tert-OH is 1. The fourth-order valence-corrected chi connectivity index (χ4v) is 2.91. The molecule has 0 aliphatic rings. The molecule has 190 valence electrons. The highest BCUT2D eigenvalue weighted by Gasteiger charge is 2.43. The van der Waals surface area contributed by atoms with Crippen molar-refractivity contribution >= 4 is 40.5 Å². The van der Waals surface area contributed by atoms with Crippen LogP contribution in [0.3, 0.4) is 0 Å². The molecule has 0 fully saturated rings. The lowest BCUT2D eigenvalue weighted by Gasteiger charge is -2.23. The number of H-pyrrole nitrogens is 1. The number of carbonyl (C=O) groups excluding carboxylic acids is 3. The zero-order valence-corrected chi connectivity index (χ0v) is 18.9. The molecule has 12 nitrogen and oxygen atoms in total. The summed E-state index contributed by atoms with van der Waals surface area (Å²) in [6.07, 6.45) is -4.19. The van der Waals surface area contributed by atoms with E-state index in [-0.39, 0.29) is 34.1 Å². The number of hydrogen-bond donors (Lipinski definition) is 4. The molecule has 0 radical (unpaired) electrons. The maximum atomic E-state index is 13.3. The van der Waals surface area contributed by atoms with Gasteiger partial charge in [0.1, 0.15) is 6.73 Å². The van der Waals surface area contributed by atoms with Crippen LogP contribution in [0.25, 0.3) is 11.2 Å². The van der Waals surface area contributed by atoms with Crippen LogP contribution in [0.1, 0.15) is 29.9 Å². The first-order valence-electron chi connectivity index (χ1n) is 10.3. The van der Waals surface area contributed by atoms with Gasteiger partial charge in [-0.2, -0.15) is 18.2 Å². The van der Waals surface area contributed by atoms with E-state index in [0.717, 1.165) is 18.3 Å². The van der Waals surface area contributed by atoms with Gasteiger partial charge >= 0.3 is 12.1 Å². The summed E-state index contributed by atoms with van der Waals surface area (Å²) in [6.45, 7) is 1.91. The summed E-state index contributed by atoms with van der Waals surface area (Å²) < 4.78 is 39.9. The van der Waals surface area contributed by atoms with E-state index in [4.69, 9.17) is 5.11 Å². The second-order valence-corrected chi connectivity index (χ2v) is 7.69. The van der Waals surface area contributed by atoms with Crippen molar-refractivity contribution in [2.24, 2.45) is 5.92 Å². The lowest BCUT2D eigenvalue weighted by atomic mass is 10.1. The number of benzene rings is 1. The summed E-state index contributed by atoms with van der Waals surface area (Å²) in [5.41, 5.74) is -1.62.